The van der Waals surface area contributed by atoms with Crippen LogP contribution in [0.2, 0.25) is 5.82 Å². The fourth-order valence-corrected chi connectivity index (χ4v) is 0. The first-order chi connectivity index (χ1) is 2.27. The third kappa shape index (κ3) is 9.20. The second-order valence-corrected chi connectivity index (χ2v) is 1.39. The van der Waals surface area contributed by atoms with Gasteiger partial charge < -0.3 is 7.85 Å². The van der Waals surface area contributed by atoms with Gasteiger partial charge in [-0.2, -0.15) is 0 Å². The van der Waals surface area contributed by atoms with Crippen molar-refractivity contribution in [3.05, 3.63) is 0 Å². The van der Waals surface area contributed by atoms with Crippen LogP contribution >= 0.6 is 0 Å². The summed E-state index contributed by atoms with van der Waals surface area (Å²) in [6.45, 7) is 4.07. The molecule has 0 aromatic rings. The van der Waals surface area contributed by atoms with Gasteiger partial charge in [0, 0.05) is 0 Å². The minimum atomic E-state index is 0. The van der Waals surface area contributed by atoms with Gasteiger partial charge in [0.1, 0.15) is 0 Å². The van der Waals surface area contributed by atoms with E-state index >= 15 is 0 Å². The molecule has 0 saturated heterocycles. The Kier molecular flexibility index (Phi) is 11.9. The summed E-state index contributed by atoms with van der Waals surface area (Å²) < 4.78 is 0. The SMILES string of the molecule is [B-]C(C)CC.[K+]. The van der Waals surface area contributed by atoms with Gasteiger partial charge in [0.15, 0.2) is 0 Å². The van der Waals surface area contributed by atoms with Gasteiger partial charge in [-0.05, 0) is 0 Å². The molecule has 0 aliphatic heterocycles. The van der Waals surface area contributed by atoms with Gasteiger partial charge in [-0.25, -0.2) is 0 Å². The minimum absolute atomic E-state index is 0. The second kappa shape index (κ2) is 6.70. The van der Waals surface area contributed by atoms with Crippen LogP contribution in [0.5, 0.6) is 0 Å². The van der Waals surface area contributed by atoms with E-state index in [-0.39, 0.29) is 51.4 Å². The Morgan fingerprint density at radius 1 is 1.67 bits per heavy atom. The molecule has 0 nitrogen and oxygen atoms in total. The summed E-state index contributed by atoms with van der Waals surface area (Å²) >= 11 is 0. The molecule has 29 valence electrons. The first-order valence-corrected chi connectivity index (χ1v) is 2.03. The average Bonchev–Trinajstić information content (AvgIpc) is 1.38. The van der Waals surface area contributed by atoms with Gasteiger partial charge in [-0.3, -0.25) is 5.82 Å². The molecule has 0 bridgehead atoms. The standard InChI is InChI=1S/C4H9B.K/c1-3-4(2)5;/h4H,3H2,1-2H3;/q-1;+1. The van der Waals surface area contributed by atoms with Crippen LogP contribution in [-0.2, 0) is 0 Å². The third-order valence-corrected chi connectivity index (χ3v) is 0.644. The van der Waals surface area contributed by atoms with Gasteiger partial charge in [-0.15, -0.1) is 6.92 Å². The van der Waals surface area contributed by atoms with Crippen molar-refractivity contribution in [2.24, 2.45) is 0 Å². The van der Waals surface area contributed by atoms with Crippen molar-refractivity contribution in [3.8, 4) is 0 Å². The summed E-state index contributed by atoms with van der Waals surface area (Å²) in [5.74, 6) is 0.384. The predicted molar refractivity (Wildman–Crippen MR) is 25.5 cm³/mol. The van der Waals surface area contributed by atoms with Crippen LogP contribution in [0, 0.1) is 0 Å². The Hall–Kier alpha value is 1.70. The van der Waals surface area contributed by atoms with Crippen molar-refractivity contribution >= 4 is 7.85 Å². The summed E-state index contributed by atoms with van der Waals surface area (Å²) in [7, 11) is 5.29. The van der Waals surface area contributed by atoms with Crippen molar-refractivity contribution in [2.45, 2.75) is 26.1 Å². The molecule has 0 spiro atoms. The molecule has 0 aliphatic rings. The van der Waals surface area contributed by atoms with E-state index in [1.54, 1.807) is 0 Å². The Morgan fingerprint density at radius 2 is 1.83 bits per heavy atom. The maximum atomic E-state index is 5.29. The zero-order valence-corrected chi connectivity index (χ0v) is 7.98. The van der Waals surface area contributed by atoms with Crippen LogP contribution in [-0.4, -0.2) is 7.85 Å². The predicted octanol–water partition coefficient (Wildman–Crippen LogP) is -1.62. The van der Waals surface area contributed by atoms with Gasteiger partial charge >= 0.3 is 51.4 Å². The Balaban J connectivity index is 0. The molecule has 0 heterocycles. The normalized spacial score (nSPS) is 12.5. The molecule has 0 aromatic heterocycles. The smallest absolute Gasteiger partial charge is 0.622 e. The van der Waals surface area contributed by atoms with E-state index in [0.29, 0.717) is 5.82 Å². The van der Waals surface area contributed by atoms with Gasteiger partial charge in [0.2, 0.25) is 0 Å². The van der Waals surface area contributed by atoms with Crippen LogP contribution in [0.3, 0.4) is 0 Å². The molecule has 0 saturated carbocycles. The Bertz CT molecular complexity index is 21.5. The topological polar surface area (TPSA) is 0 Å². The molecule has 0 aromatic carbocycles. The van der Waals surface area contributed by atoms with Crippen LogP contribution in [0.1, 0.15) is 20.3 Å². The molecule has 1 unspecified atom stereocenters. The maximum Gasteiger partial charge on any atom is 1.00 e. The second-order valence-electron chi connectivity index (χ2n) is 1.39. The van der Waals surface area contributed by atoms with Crippen LogP contribution in [0.25, 0.3) is 0 Å². The molecular formula is C4H9BK. The van der Waals surface area contributed by atoms with Crippen molar-refractivity contribution in [2.75, 3.05) is 0 Å². The zero-order valence-electron chi connectivity index (χ0n) is 4.86. The number of hydrogen-bond donors (Lipinski definition) is 0. The molecule has 0 fully saturated rings. The number of hydrogen-bond acceptors (Lipinski definition) is 0. The third-order valence-electron chi connectivity index (χ3n) is 0.644. The van der Waals surface area contributed by atoms with E-state index in [1.807, 2.05) is 6.92 Å². The van der Waals surface area contributed by atoms with Crippen molar-refractivity contribution in [1.29, 1.82) is 0 Å². The van der Waals surface area contributed by atoms with E-state index in [2.05, 4.69) is 6.92 Å². The summed E-state index contributed by atoms with van der Waals surface area (Å²) in [6.07, 6.45) is 1.08. The fraction of sp³-hybridized carbons (Fsp3) is 1.00. The van der Waals surface area contributed by atoms with Gasteiger partial charge in [-0.1, -0.05) is 13.3 Å². The molecule has 0 rings (SSSR count). The van der Waals surface area contributed by atoms with Gasteiger partial charge in [0.25, 0.3) is 0 Å². The van der Waals surface area contributed by atoms with Crippen molar-refractivity contribution < 1.29 is 51.4 Å². The monoisotopic (exact) mass is 107 g/mol. The quantitative estimate of drug-likeness (QED) is 0.353. The molecule has 1 atom stereocenters. The van der Waals surface area contributed by atoms with Crippen molar-refractivity contribution in [1.82, 2.24) is 0 Å². The molecular weight excluding hydrogens is 98.0 g/mol. The summed E-state index contributed by atoms with van der Waals surface area (Å²) in [5.41, 5.74) is 0. The largest absolute Gasteiger partial charge is 1.00 e. The Labute approximate surface area is 83.9 Å². The van der Waals surface area contributed by atoms with Crippen LogP contribution in [0.15, 0.2) is 0 Å². The molecule has 3 radical (unpaired) electrons. The molecule has 0 amide bonds. The van der Waals surface area contributed by atoms with E-state index in [1.165, 1.54) is 0 Å². The summed E-state index contributed by atoms with van der Waals surface area (Å²) in [6, 6.07) is 0. The Morgan fingerprint density at radius 3 is 1.83 bits per heavy atom. The first-order valence-electron chi connectivity index (χ1n) is 2.03. The summed E-state index contributed by atoms with van der Waals surface area (Å²) in [5, 5.41) is 0. The first kappa shape index (κ1) is 10.6. The fourth-order valence-electron chi connectivity index (χ4n) is 0. The van der Waals surface area contributed by atoms with E-state index < -0.39 is 0 Å². The van der Waals surface area contributed by atoms with Crippen LogP contribution in [0.4, 0.5) is 0 Å². The molecule has 2 heteroatoms. The van der Waals surface area contributed by atoms with Crippen molar-refractivity contribution in [3.63, 3.8) is 0 Å². The average molecular weight is 107 g/mol. The van der Waals surface area contributed by atoms with E-state index in [0.717, 1.165) is 6.42 Å². The van der Waals surface area contributed by atoms with Crippen LogP contribution < -0.4 is 51.4 Å². The van der Waals surface area contributed by atoms with E-state index in [4.69, 9.17) is 7.85 Å². The molecule has 6 heavy (non-hydrogen) atoms. The summed E-state index contributed by atoms with van der Waals surface area (Å²) in [4.78, 5) is 0. The molecule has 0 aliphatic carbocycles. The minimum Gasteiger partial charge on any atom is -0.622 e. The maximum absolute atomic E-state index is 5.29. The zero-order chi connectivity index (χ0) is 4.28. The van der Waals surface area contributed by atoms with Gasteiger partial charge in [0.05, 0.1) is 0 Å². The van der Waals surface area contributed by atoms with E-state index in [9.17, 15) is 0 Å². The molecule has 0 N–H and O–H groups in total. The number of rotatable bonds is 1.